The Labute approximate surface area is 118 Å². The summed E-state index contributed by atoms with van der Waals surface area (Å²) in [5, 5.41) is 0. The predicted molar refractivity (Wildman–Crippen MR) is 73.2 cm³/mol. The summed E-state index contributed by atoms with van der Waals surface area (Å²) in [5.41, 5.74) is 6.69. The molecule has 2 aromatic rings. The Kier molecular flexibility index (Phi) is 4.17. The lowest BCUT2D eigenvalue weighted by atomic mass is 10.1. The average molecular weight is 328 g/mol. The van der Waals surface area contributed by atoms with E-state index in [4.69, 9.17) is 10.5 Å². The average Bonchev–Trinajstić information content (AvgIpc) is 2.34. The third kappa shape index (κ3) is 3.30. The van der Waals surface area contributed by atoms with Crippen LogP contribution in [0.1, 0.15) is 18.5 Å². The molecule has 19 heavy (non-hydrogen) atoms. The minimum Gasteiger partial charge on any atom is -0.453 e. The van der Waals surface area contributed by atoms with Crippen molar-refractivity contribution in [2.75, 3.05) is 0 Å². The molecule has 0 aromatic heterocycles. The van der Waals surface area contributed by atoms with Gasteiger partial charge in [-0.2, -0.15) is 0 Å². The Morgan fingerprint density at radius 1 is 1.11 bits per heavy atom. The third-order valence-corrected chi connectivity index (χ3v) is 3.22. The molecule has 0 saturated heterocycles. The van der Waals surface area contributed by atoms with Gasteiger partial charge in [-0.05, 0) is 52.7 Å². The normalized spacial score (nSPS) is 12.3. The first-order valence-corrected chi connectivity index (χ1v) is 6.44. The van der Waals surface area contributed by atoms with Gasteiger partial charge in [0.25, 0.3) is 0 Å². The van der Waals surface area contributed by atoms with Gasteiger partial charge in [-0.3, -0.25) is 0 Å². The molecule has 5 heteroatoms. The predicted octanol–water partition coefficient (Wildman–Crippen LogP) is 4.54. The zero-order chi connectivity index (χ0) is 14.0. The summed E-state index contributed by atoms with van der Waals surface area (Å²) in [7, 11) is 0. The molecule has 2 rings (SSSR count). The number of hydrogen-bond acceptors (Lipinski definition) is 2. The van der Waals surface area contributed by atoms with Crippen LogP contribution in [-0.4, -0.2) is 0 Å². The monoisotopic (exact) mass is 327 g/mol. The fraction of sp³-hybridized carbons (Fsp3) is 0.143. The van der Waals surface area contributed by atoms with Crippen molar-refractivity contribution < 1.29 is 13.5 Å². The second-order valence-electron chi connectivity index (χ2n) is 4.16. The Balaban J connectivity index is 2.28. The fourth-order valence-electron chi connectivity index (χ4n) is 1.56. The molecule has 0 spiro atoms. The molecule has 100 valence electrons. The number of halogens is 3. The van der Waals surface area contributed by atoms with Gasteiger partial charge < -0.3 is 10.5 Å². The van der Waals surface area contributed by atoms with E-state index in [-0.39, 0.29) is 11.8 Å². The van der Waals surface area contributed by atoms with Crippen molar-refractivity contribution in [3.63, 3.8) is 0 Å². The van der Waals surface area contributed by atoms with Crippen molar-refractivity contribution in [2.24, 2.45) is 5.73 Å². The molecule has 0 aliphatic carbocycles. The van der Waals surface area contributed by atoms with E-state index >= 15 is 0 Å². The number of nitrogens with two attached hydrogens (primary N) is 1. The van der Waals surface area contributed by atoms with Crippen LogP contribution >= 0.6 is 15.9 Å². The maximum atomic E-state index is 13.5. The van der Waals surface area contributed by atoms with E-state index in [1.165, 1.54) is 6.07 Å². The lowest BCUT2D eigenvalue weighted by Crippen LogP contribution is -2.04. The zero-order valence-corrected chi connectivity index (χ0v) is 11.7. The third-order valence-electron chi connectivity index (χ3n) is 2.60. The highest BCUT2D eigenvalue weighted by molar-refractivity contribution is 9.10. The molecule has 0 heterocycles. The highest BCUT2D eigenvalue weighted by Crippen LogP contribution is 2.32. The largest absolute Gasteiger partial charge is 0.453 e. The van der Waals surface area contributed by atoms with Crippen LogP contribution in [-0.2, 0) is 0 Å². The Bertz CT molecular complexity index is 602. The molecule has 0 aliphatic rings. The van der Waals surface area contributed by atoms with E-state index in [1.807, 2.05) is 6.92 Å². The Morgan fingerprint density at radius 2 is 1.79 bits per heavy atom. The smallest absolute Gasteiger partial charge is 0.168 e. The van der Waals surface area contributed by atoms with Crippen molar-refractivity contribution >= 4 is 15.9 Å². The second-order valence-corrected chi connectivity index (χ2v) is 5.01. The molecule has 1 unspecified atom stereocenters. The van der Waals surface area contributed by atoms with Gasteiger partial charge in [-0.1, -0.05) is 6.07 Å². The molecule has 2 N–H and O–H groups in total. The molecule has 0 saturated carbocycles. The molecule has 2 nitrogen and oxygen atoms in total. The first-order chi connectivity index (χ1) is 8.97. The maximum absolute atomic E-state index is 13.5. The van der Waals surface area contributed by atoms with Gasteiger partial charge >= 0.3 is 0 Å². The summed E-state index contributed by atoms with van der Waals surface area (Å²) >= 11 is 3.33. The fourth-order valence-corrected chi connectivity index (χ4v) is 2.04. The molecule has 2 aromatic carbocycles. The summed E-state index contributed by atoms with van der Waals surface area (Å²) in [6, 6.07) is 8.35. The lowest BCUT2D eigenvalue weighted by molar-refractivity contribution is 0.435. The van der Waals surface area contributed by atoms with Crippen LogP contribution in [0.3, 0.4) is 0 Å². The standard InChI is InChI=1S/C14H12BrF2NO/c1-8(18)9-2-4-13(11(15)6-9)19-14-5-3-10(16)7-12(14)17/h2-8H,18H2,1H3. The highest BCUT2D eigenvalue weighted by Gasteiger charge is 2.10. The molecule has 0 radical (unpaired) electrons. The van der Waals surface area contributed by atoms with Gasteiger partial charge in [0, 0.05) is 12.1 Å². The first kappa shape index (κ1) is 14.0. The van der Waals surface area contributed by atoms with Crippen molar-refractivity contribution in [3.8, 4) is 11.5 Å². The second kappa shape index (κ2) is 5.67. The van der Waals surface area contributed by atoms with Crippen LogP contribution in [0.15, 0.2) is 40.9 Å². The van der Waals surface area contributed by atoms with Gasteiger partial charge in [0.2, 0.25) is 0 Å². The van der Waals surface area contributed by atoms with Crippen molar-refractivity contribution in [1.29, 1.82) is 0 Å². The van der Waals surface area contributed by atoms with Gasteiger partial charge in [0.15, 0.2) is 11.6 Å². The van der Waals surface area contributed by atoms with Crippen molar-refractivity contribution in [2.45, 2.75) is 13.0 Å². The van der Waals surface area contributed by atoms with Gasteiger partial charge in [-0.25, -0.2) is 8.78 Å². The van der Waals surface area contributed by atoms with E-state index in [9.17, 15) is 8.78 Å². The van der Waals surface area contributed by atoms with Crippen LogP contribution in [0, 0.1) is 11.6 Å². The molecule has 0 aliphatic heterocycles. The van der Waals surface area contributed by atoms with Gasteiger partial charge in [-0.15, -0.1) is 0 Å². The summed E-state index contributed by atoms with van der Waals surface area (Å²) in [4.78, 5) is 0. The molecular formula is C14H12BrF2NO. The molecule has 0 fully saturated rings. The van der Waals surface area contributed by atoms with Gasteiger partial charge in [0.1, 0.15) is 11.6 Å². The van der Waals surface area contributed by atoms with Gasteiger partial charge in [0.05, 0.1) is 4.47 Å². The van der Waals surface area contributed by atoms with E-state index in [0.717, 1.165) is 17.7 Å². The maximum Gasteiger partial charge on any atom is 0.168 e. The number of ether oxygens (including phenoxy) is 1. The molecule has 0 amide bonds. The van der Waals surface area contributed by atoms with E-state index in [0.29, 0.717) is 10.2 Å². The topological polar surface area (TPSA) is 35.2 Å². The Hall–Kier alpha value is -1.46. The summed E-state index contributed by atoms with van der Waals surface area (Å²) in [6.07, 6.45) is 0. The first-order valence-electron chi connectivity index (χ1n) is 5.65. The number of benzene rings is 2. The minimum atomic E-state index is -0.747. The molecular weight excluding hydrogens is 316 g/mol. The van der Waals surface area contributed by atoms with E-state index in [1.54, 1.807) is 18.2 Å². The molecule has 0 bridgehead atoms. The van der Waals surface area contributed by atoms with Crippen LogP contribution in [0.25, 0.3) is 0 Å². The Morgan fingerprint density at radius 3 is 2.37 bits per heavy atom. The van der Waals surface area contributed by atoms with E-state index < -0.39 is 11.6 Å². The van der Waals surface area contributed by atoms with Crippen molar-refractivity contribution in [1.82, 2.24) is 0 Å². The SMILES string of the molecule is CC(N)c1ccc(Oc2ccc(F)cc2F)c(Br)c1. The quantitative estimate of drug-likeness (QED) is 0.898. The van der Waals surface area contributed by atoms with Crippen LogP contribution in [0.5, 0.6) is 11.5 Å². The lowest BCUT2D eigenvalue weighted by Gasteiger charge is -2.11. The summed E-state index contributed by atoms with van der Waals surface area (Å²) in [6.45, 7) is 1.86. The summed E-state index contributed by atoms with van der Waals surface area (Å²) in [5.74, 6) is -0.982. The number of rotatable bonds is 3. The van der Waals surface area contributed by atoms with Crippen LogP contribution in [0.4, 0.5) is 8.78 Å². The minimum absolute atomic E-state index is 0.0318. The zero-order valence-electron chi connectivity index (χ0n) is 10.2. The molecule has 1 atom stereocenters. The van der Waals surface area contributed by atoms with Crippen LogP contribution in [0.2, 0.25) is 0 Å². The highest BCUT2D eigenvalue weighted by atomic mass is 79.9. The number of hydrogen-bond donors (Lipinski definition) is 1. The van der Waals surface area contributed by atoms with Crippen LogP contribution < -0.4 is 10.5 Å². The van der Waals surface area contributed by atoms with E-state index in [2.05, 4.69) is 15.9 Å². The summed E-state index contributed by atoms with van der Waals surface area (Å²) < 4.78 is 32.3. The van der Waals surface area contributed by atoms with Crippen molar-refractivity contribution in [3.05, 3.63) is 58.1 Å².